The van der Waals surface area contributed by atoms with Crippen LogP contribution in [0.1, 0.15) is 22.7 Å². The van der Waals surface area contributed by atoms with Crippen LogP contribution in [0.4, 0.5) is 0 Å². The number of rotatable bonds is 3. The van der Waals surface area contributed by atoms with E-state index in [1.54, 1.807) is 0 Å². The Morgan fingerprint density at radius 2 is 1.70 bits per heavy atom. The second-order valence-electron chi connectivity index (χ2n) is 5.33. The third kappa shape index (κ3) is 2.21. The van der Waals surface area contributed by atoms with Crippen LogP contribution in [0.15, 0.2) is 54.6 Å². The molecule has 0 aliphatic carbocycles. The van der Waals surface area contributed by atoms with E-state index in [-0.39, 0.29) is 11.9 Å². The van der Waals surface area contributed by atoms with Crippen molar-refractivity contribution in [2.24, 2.45) is 5.73 Å². The number of carbonyl (C=O) groups excluding carboxylic acids is 1. The van der Waals surface area contributed by atoms with Gasteiger partial charge in [0.1, 0.15) is 6.04 Å². The van der Waals surface area contributed by atoms with Gasteiger partial charge in [0.05, 0.1) is 6.04 Å². The van der Waals surface area contributed by atoms with Gasteiger partial charge < -0.3 is 10.6 Å². The van der Waals surface area contributed by atoms with Crippen molar-refractivity contribution in [1.82, 2.24) is 4.90 Å². The molecule has 2 atom stereocenters. The predicted molar refractivity (Wildman–Crippen MR) is 78.9 cm³/mol. The number of β-lactam (4-membered cyclic amide) rings is 1. The van der Waals surface area contributed by atoms with Gasteiger partial charge in [-0.05, 0) is 18.1 Å². The number of benzene rings is 2. The lowest BCUT2D eigenvalue weighted by molar-refractivity contribution is -0.150. The van der Waals surface area contributed by atoms with Crippen LogP contribution < -0.4 is 5.73 Å². The Morgan fingerprint density at radius 3 is 2.35 bits per heavy atom. The molecular weight excluding hydrogens is 248 g/mol. The van der Waals surface area contributed by atoms with Crippen molar-refractivity contribution in [3.05, 3.63) is 71.3 Å². The lowest BCUT2D eigenvalue weighted by Crippen LogP contribution is -2.62. The van der Waals surface area contributed by atoms with Gasteiger partial charge in [-0.2, -0.15) is 0 Å². The number of hydrogen-bond donors (Lipinski definition) is 1. The van der Waals surface area contributed by atoms with E-state index < -0.39 is 6.04 Å². The average molecular weight is 266 g/mol. The van der Waals surface area contributed by atoms with E-state index in [2.05, 4.69) is 31.2 Å². The highest BCUT2D eigenvalue weighted by Gasteiger charge is 2.45. The van der Waals surface area contributed by atoms with Crippen molar-refractivity contribution in [2.75, 3.05) is 0 Å². The van der Waals surface area contributed by atoms with Crippen LogP contribution in [0.25, 0.3) is 0 Å². The van der Waals surface area contributed by atoms with Gasteiger partial charge in [0.2, 0.25) is 5.91 Å². The molecular formula is C17H18N2O. The van der Waals surface area contributed by atoms with Gasteiger partial charge in [0.25, 0.3) is 0 Å². The minimum absolute atomic E-state index is 0.0108. The predicted octanol–water partition coefficient (Wildman–Crippen LogP) is 2.41. The summed E-state index contributed by atoms with van der Waals surface area (Å²) in [7, 11) is 0. The van der Waals surface area contributed by atoms with Crippen LogP contribution in [0.3, 0.4) is 0 Å². The zero-order valence-electron chi connectivity index (χ0n) is 11.5. The van der Waals surface area contributed by atoms with Crippen LogP contribution in [0, 0.1) is 6.92 Å². The van der Waals surface area contributed by atoms with E-state index in [9.17, 15) is 4.79 Å². The van der Waals surface area contributed by atoms with Gasteiger partial charge in [-0.15, -0.1) is 0 Å². The van der Waals surface area contributed by atoms with Crippen molar-refractivity contribution in [3.63, 3.8) is 0 Å². The largest absolute Gasteiger partial charge is 0.328 e. The molecule has 3 nitrogen and oxygen atoms in total. The van der Waals surface area contributed by atoms with Crippen molar-refractivity contribution >= 4 is 5.91 Å². The molecule has 0 saturated carbocycles. The van der Waals surface area contributed by atoms with E-state index in [1.165, 1.54) is 5.56 Å². The zero-order valence-corrected chi connectivity index (χ0v) is 11.5. The Kier molecular flexibility index (Phi) is 3.28. The van der Waals surface area contributed by atoms with Crippen LogP contribution in [0.2, 0.25) is 0 Å². The molecule has 1 saturated heterocycles. The molecule has 0 unspecified atom stereocenters. The standard InChI is InChI=1S/C17H18N2O/c1-12-7-9-14(10-8-12)16-15(18)17(20)19(16)11-13-5-3-2-4-6-13/h2-10,15-16H,11,18H2,1H3/t15-,16+/m1/s1. The molecule has 0 aromatic heterocycles. The number of amides is 1. The van der Waals surface area contributed by atoms with Crippen molar-refractivity contribution in [3.8, 4) is 0 Å². The summed E-state index contributed by atoms with van der Waals surface area (Å²) in [6, 6.07) is 17.8. The summed E-state index contributed by atoms with van der Waals surface area (Å²) in [4.78, 5) is 13.9. The van der Waals surface area contributed by atoms with E-state index >= 15 is 0 Å². The topological polar surface area (TPSA) is 46.3 Å². The Bertz CT molecular complexity index is 607. The van der Waals surface area contributed by atoms with Crippen molar-refractivity contribution in [1.29, 1.82) is 0 Å². The first-order valence-electron chi connectivity index (χ1n) is 6.83. The summed E-state index contributed by atoms with van der Waals surface area (Å²) in [5.74, 6) is 0.0272. The van der Waals surface area contributed by atoms with Crippen LogP contribution in [-0.2, 0) is 11.3 Å². The molecule has 0 radical (unpaired) electrons. The Labute approximate surface area is 119 Å². The monoisotopic (exact) mass is 266 g/mol. The van der Waals surface area contributed by atoms with E-state index in [1.807, 2.05) is 35.2 Å². The number of likely N-dealkylation sites (tertiary alicyclic amines) is 1. The number of nitrogens with two attached hydrogens (primary N) is 1. The third-order valence-corrected chi connectivity index (χ3v) is 3.86. The summed E-state index contributed by atoms with van der Waals surface area (Å²) >= 11 is 0. The number of nitrogens with zero attached hydrogens (tertiary/aromatic N) is 1. The maximum Gasteiger partial charge on any atom is 0.242 e. The van der Waals surface area contributed by atoms with Crippen molar-refractivity contribution < 1.29 is 4.79 Å². The molecule has 1 aliphatic heterocycles. The summed E-state index contributed by atoms with van der Waals surface area (Å²) < 4.78 is 0. The van der Waals surface area contributed by atoms with Gasteiger partial charge in [-0.3, -0.25) is 4.79 Å². The minimum Gasteiger partial charge on any atom is -0.328 e. The molecule has 3 rings (SSSR count). The molecule has 0 spiro atoms. The molecule has 1 fully saturated rings. The first kappa shape index (κ1) is 12.9. The molecule has 0 bridgehead atoms. The highest BCUT2D eigenvalue weighted by atomic mass is 16.2. The molecule has 3 heteroatoms. The normalized spacial score (nSPS) is 21.7. The first-order chi connectivity index (χ1) is 9.66. The minimum atomic E-state index is -0.415. The third-order valence-electron chi connectivity index (χ3n) is 3.86. The quantitative estimate of drug-likeness (QED) is 0.867. The van der Waals surface area contributed by atoms with E-state index in [0.717, 1.165) is 11.1 Å². The van der Waals surface area contributed by atoms with Gasteiger partial charge >= 0.3 is 0 Å². The van der Waals surface area contributed by atoms with Gasteiger partial charge in [0, 0.05) is 6.54 Å². The molecule has 20 heavy (non-hydrogen) atoms. The van der Waals surface area contributed by atoms with Gasteiger partial charge in [0.15, 0.2) is 0 Å². The SMILES string of the molecule is Cc1ccc([C@H]2[C@@H](N)C(=O)N2Cc2ccccc2)cc1. The Hall–Kier alpha value is -2.13. The van der Waals surface area contributed by atoms with E-state index in [4.69, 9.17) is 5.73 Å². The summed E-state index contributed by atoms with van der Waals surface area (Å²) in [5.41, 5.74) is 9.44. The smallest absolute Gasteiger partial charge is 0.242 e. The summed E-state index contributed by atoms with van der Waals surface area (Å²) in [6.45, 7) is 2.67. The maximum atomic E-state index is 12.0. The van der Waals surface area contributed by atoms with E-state index in [0.29, 0.717) is 6.54 Å². The van der Waals surface area contributed by atoms with Crippen LogP contribution in [0.5, 0.6) is 0 Å². The fourth-order valence-corrected chi connectivity index (χ4v) is 2.68. The molecule has 2 aromatic carbocycles. The Morgan fingerprint density at radius 1 is 1.05 bits per heavy atom. The van der Waals surface area contributed by atoms with Gasteiger partial charge in [-0.1, -0.05) is 60.2 Å². The number of carbonyl (C=O) groups is 1. The fraction of sp³-hybridized carbons (Fsp3) is 0.235. The molecule has 102 valence electrons. The van der Waals surface area contributed by atoms with Crippen LogP contribution in [-0.4, -0.2) is 16.8 Å². The fourth-order valence-electron chi connectivity index (χ4n) is 2.68. The second kappa shape index (κ2) is 5.10. The summed E-state index contributed by atoms with van der Waals surface area (Å²) in [5, 5.41) is 0. The molecule has 1 aliphatic rings. The lowest BCUT2D eigenvalue weighted by Gasteiger charge is -2.45. The van der Waals surface area contributed by atoms with Crippen LogP contribution >= 0.6 is 0 Å². The molecule has 2 N–H and O–H groups in total. The molecule has 1 heterocycles. The Balaban J connectivity index is 1.82. The maximum absolute atomic E-state index is 12.0. The first-order valence-corrected chi connectivity index (χ1v) is 6.83. The highest BCUT2D eigenvalue weighted by molar-refractivity contribution is 5.89. The average Bonchev–Trinajstić information content (AvgIpc) is 2.49. The molecule has 2 aromatic rings. The lowest BCUT2D eigenvalue weighted by atomic mass is 9.88. The van der Waals surface area contributed by atoms with Crippen molar-refractivity contribution in [2.45, 2.75) is 25.6 Å². The molecule has 1 amide bonds. The number of hydrogen-bond acceptors (Lipinski definition) is 2. The zero-order chi connectivity index (χ0) is 14.1. The number of aryl methyl sites for hydroxylation is 1. The second-order valence-corrected chi connectivity index (χ2v) is 5.33. The summed E-state index contributed by atoms with van der Waals surface area (Å²) in [6.07, 6.45) is 0. The van der Waals surface area contributed by atoms with Gasteiger partial charge in [-0.25, -0.2) is 0 Å². The highest BCUT2D eigenvalue weighted by Crippen LogP contribution is 2.35.